The number of halogens is 1. The van der Waals surface area contributed by atoms with Gasteiger partial charge < -0.3 is 9.88 Å². The summed E-state index contributed by atoms with van der Waals surface area (Å²) in [5.74, 6) is 0.423. The van der Waals surface area contributed by atoms with Gasteiger partial charge in [-0.25, -0.2) is 4.98 Å². The summed E-state index contributed by atoms with van der Waals surface area (Å²) in [5, 5.41) is 3.96. The molecule has 0 aliphatic rings. The monoisotopic (exact) mass is 455 g/mol. The van der Waals surface area contributed by atoms with E-state index >= 15 is 0 Å². The summed E-state index contributed by atoms with van der Waals surface area (Å²) in [6.07, 6.45) is 1.71. The minimum Gasteiger partial charge on any atom is -0.325 e. The molecule has 2 heterocycles. The summed E-state index contributed by atoms with van der Waals surface area (Å²) >= 11 is 6.31. The molecule has 5 aromatic rings. The Morgan fingerprint density at radius 2 is 1.55 bits per heavy atom. The number of imidazole rings is 1. The number of benzene rings is 3. The van der Waals surface area contributed by atoms with Gasteiger partial charge >= 0.3 is 5.56 Å². The number of rotatable bonds is 6. The number of anilines is 2. The lowest BCUT2D eigenvalue weighted by atomic mass is 10.2. The van der Waals surface area contributed by atoms with Crippen LogP contribution in [-0.2, 0) is 13.1 Å². The molecule has 0 saturated heterocycles. The molecule has 3 aromatic carbocycles. The molecule has 0 amide bonds. The van der Waals surface area contributed by atoms with Gasteiger partial charge in [-0.2, -0.15) is 4.98 Å². The normalized spacial score (nSPS) is 11.1. The van der Waals surface area contributed by atoms with Crippen molar-refractivity contribution >= 4 is 34.4 Å². The van der Waals surface area contributed by atoms with Gasteiger partial charge in [-0.1, -0.05) is 78.3 Å². The molecule has 33 heavy (non-hydrogen) atoms. The highest BCUT2D eigenvalue weighted by Gasteiger charge is 2.17. The predicted octanol–water partition coefficient (Wildman–Crippen LogP) is 5.40. The topological polar surface area (TPSA) is 64.7 Å². The number of nitrogens with zero attached hydrogens (tertiary/aromatic N) is 4. The van der Waals surface area contributed by atoms with Crippen LogP contribution in [0.1, 0.15) is 16.7 Å². The highest BCUT2D eigenvalue weighted by molar-refractivity contribution is 6.31. The zero-order valence-corrected chi connectivity index (χ0v) is 18.8. The lowest BCUT2D eigenvalue weighted by Crippen LogP contribution is -2.20. The van der Waals surface area contributed by atoms with Gasteiger partial charge in [0.25, 0.3) is 0 Å². The molecule has 164 valence electrons. The van der Waals surface area contributed by atoms with E-state index in [0.717, 1.165) is 22.4 Å². The summed E-state index contributed by atoms with van der Waals surface area (Å²) in [7, 11) is 0. The van der Waals surface area contributed by atoms with E-state index in [1.54, 1.807) is 6.33 Å². The molecule has 0 saturated carbocycles. The van der Waals surface area contributed by atoms with Gasteiger partial charge in [0.05, 0.1) is 12.9 Å². The predicted molar refractivity (Wildman–Crippen MR) is 132 cm³/mol. The Balaban J connectivity index is 1.65. The minimum absolute atomic E-state index is 0.329. The van der Waals surface area contributed by atoms with Crippen LogP contribution < -0.4 is 10.9 Å². The molecule has 0 aliphatic heterocycles. The second kappa shape index (κ2) is 8.92. The molecular formula is C26H22ClN5O. The van der Waals surface area contributed by atoms with E-state index in [2.05, 4.69) is 15.3 Å². The second-order valence-electron chi connectivity index (χ2n) is 7.88. The summed E-state index contributed by atoms with van der Waals surface area (Å²) in [4.78, 5) is 22.2. The fourth-order valence-electron chi connectivity index (χ4n) is 3.87. The molecular weight excluding hydrogens is 434 g/mol. The standard InChI is InChI=1S/C26H22ClN5O/c1-18-21(27)13-8-14-22(18)29-26-30-25(33)23-24(32(26)16-20-11-6-3-7-12-20)28-17-31(23)15-19-9-4-2-5-10-19/h2-14,17H,15-16H2,1H3,(H,29,30,33). The second-order valence-corrected chi connectivity index (χ2v) is 8.29. The van der Waals surface area contributed by atoms with Gasteiger partial charge in [0.2, 0.25) is 5.95 Å². The molecule has 0 unspecified atom stereocenters. The van der Waals surface area contributed by atoms with Crippen LogP contribution in [0.25, 0.3) is 11.2 Å². The lowest BCUT2D eigenvalue weighted by molar-refractivity contribution is 0.794. The molecule has 0 radical (unpaired) electrons. The zero-order chi connectivity index (χ0) is 22.8. The average molecular weight is 456 g/mol. The van der Waals surface area contributed by atoms with E-state index in [1.807, 2.05) is 94.9 Å². The SMILES string of the molecule is Cc1c(Cl)cccc1Nc1nc(=O)c2c(ncn2Cc2ccccc2)n1Cc1ccccc1. The molecule has 0 atom stereocenters. The Morgan fingerprint density at radius 1 is 0.879 bits per heavy atom. The first-order valence-electron chi connectivity index (χ1n) is 10.7. The van der Waals surface area contributed by atoms with Crippen molar-refractivity contribution in [3.05, 3.63) is 117 Å². The first-order valence-corrected chi connectivity index (χ1v) is 11.0. The number of hydrogen-bond donors (Lipinski definition) is 1. The van der Waals surface area contributed by atoms with Crippen molar-refractivity contribution in [3.8, 4) is 0 Å². The van der Waals surface area contributed by atoms with Crippen LogP contribution in [0.3, 0.4) is 0 Å². The fourth-order valence-corrected chi connectivity index (χ4v) is 4.05. The molecule has 1 N–H and O–H groups in total. The maximum atomic E-state index is 13.2. The van der Waals surface area contributed by atoms with Gasteiger partial charge in [0, 0.05) is 17.3 Å². The molecule has 0 fully saturated rings. The molecule has 0 aliphatic carbocycles. The summed E-state index contributed by atoms with van der Waals surface area (Å²) in [5.41, 5.74) is 4.56. The average Bonchev–Trinajstić information content (AvgIpc) is 3.25. The molecule has 0 spiro atoms. The Bertz CT molecular complexity index is 1480. The number of nitrogens with one attached hydrogen (secondary N) is 1. The Morgan fingerprint density at radius 3 is 2.24 bits per heavy atom. The van der Waals surface area contributed by atoms with Crippen molar-refractivity contribution in [1.29, 1.82) is 0 Å². The maximum Gasteiger partial charge on any atom is 0.300 e. The van der Waals surface area contributed by atoms with E-state index in [-0.39, 0.29) is 5.56 Å². The van der Waals surface area contributed by atoms with Crippen molar-refractivity contribution < 1.29 is 0 Å². The van der Waals surface area contributed by atoms with Crippen molar-refractivity contribution in [1.82, 2.24) is 19.1 Å². The molecule has 7 heteroatoms. The first-order chi connectivity index (χ1) is 16.1. The van der Waals surface area contributed by atoms with Crippen molar-refractivity contribution in [2.75, 3.05) is 5.32 Å². The third kappa shape index (κ3) is 4.25. The van der Waals surface area contributed by atoms with Crippen molar-refractivity contribution in [3.63, 3.8) is 0 Å². The summed E-state index contributed by atoms with van der Waals surface area (Å²) in [6, 6.07) is 25.6. The minimum atomic E-state index is -0.329. The van der Waals surface area contributed by atoms with Crippen molar-refractivity contribution in [2.24, 2.45) is 0 Å². The summed E-state index contributed by atoms with van der Waals surface area (Å²) < 4.78 is 3.80. The van der Waals surface area contributed by atoms with E-state index in [1.165, 1.54) is 0 Å². The number of hydrogen-bond acceptors (Lipinski definition) is 4. The Hall–Kier alpha value is -3.90. The van der Waals surface area contributed by atoms with E-state index in [0.29, 0.717) is 35.2 Å². The molecule has 5 rings (SSSR count). The Labute approximate surface area is 196 Å². The van der Waals surface area contributed by atoms with Crippen molar-refractivity contribution in [2.45, 2.75) is 20.0 Å². The van der Waals surface area contributed by atoms with Gasteiger partial charge in [-0.15, -0.1) is 0 Å². The number of fused-ring (bicyclic) bond motifs is 1. The van der Waals surface area contributed by atoms with Crippen LogP contribution >= 0.6 is 11.6 Å². The van der Waals surface area contributed by atoms with Crippen LogP contribution in [-0.4, -0.2) is 19.1 Å². The van der Waals surface area contributed by atoms with Crippen LogP contribution in [0.2, 0.25) is 5.02 Å². The van der Waals surface area contributed by atoms with E-state index in [4.69, 9.17) is 11.6 Å². The maximum absolute atomic E-state index is 13.2. The highest BCUT2D eigenvalue weighted by atomic mass is 35.5. The molecule has 2 aromatic heterocycles. The van der Waals surface area contributed by atoms with Crippen LogP contribution in [0.4, 0.5) is 11.6 Å². The zero-order valence-electron chi connectivity index (χ0n) is 18.1. The Kier molecular flexibility index (Phi) is 5.67. The first kappa shape index (κ1) is 21.0. The third-order valence-electron chi connectivity index (χ3n) is 5.63. The van der Waals surface area contributed by atoms with E-state index in [9.17, 15) is 4.79 Å². The smallest absolute Gasteiger partial charge is 0.300 e. The lowest BCUT2D eigenvalue weighted by Gasteiger charge is -2.17. The third-order valence-corrected chi connectivity index (χ3v) is 6.04. The van der Waals surface area contributed by atoms with Gasteiger partial charge in [-0.05, 0) is 35.7 Å². The van der Waals surface area contributed by atoms with Gasteiger partial charge in [0.15, 0.2) is 11.2 Å². The van der Waals surface area contributed by atoms with Crippen LogP contribution in [0, 0.1) is 6.92 Å². The van der Waals surface area contributed by atoms with Crippen LogP contribution in [0.15, 0.2) is 90.0 Å². The highest BCUT2D eigenvalue weighted by Crippen LogP contribution is 2.26. The quantitative estimate of drug-likeness (QED) is 0.372. The summed E-state index contributed by atoms with van der Waals surface area (Å²) in [6.45, 7) is 2.98. The van der Waals surface area contributed by atoms with Crippen LogP contribution in [0.5, 0.6) is 0 Å². The molecule has 0 bridgehead atoms. The largest absolute Gasteiger partial charge is 0.325 e. The molecule has 6 nitrogen and oxygen atoms in total. The van der Waals surface area contributed by atoms with Gasteiger partial charge in [-0.3, -0.25) is 9.36 Å². The fraction of sp³-hybridized carbons (Fsp3) is 0.115. The number of aromatic nitrogens is 4. The van der Waals surface area contributed by atoms with Gasteiger partial charge in [0.1, 0.15) is 0 Å². The van der Waals surface area contributed by atoms with E-state index < -0.39 is 0 Å².